The fourth-order valence-electron chi connectivity index (χ4n) is 1.63. The lowest BCUT2D eigenvalue weighted by Gasteiger charge is -2.26. The molecular formula is C13H19N3O3. The van der Waals surface area contributed by atoms with Crippen LogP contribution in [0.5, 0.6) is 0 Å². The van der Waals surface area contributed by atoms with E-state index in [0.29, 0.717) is 18.7 Å². The summed E-state index contributed by atoms with van der Waals surface area (Å²) < 4.78 is 0. The van der Waals surface area contributed by atoms with Crippen LogP contribution in [0, 0.1) is 0 Å². The van der Waals surface area contributed by atoms with Crippen molar-refractivity contribution in [3.05, 3.63) is 24.5 Å². The summed E-state index contributed by atoms with van der Waals surface area (Å²) >= 11 is 0. The Hall–Kier alpha value is -2.11. The van der Waals surface area contributed by atoms with Gasteiger partial charge in [0.05, 0.1) is 11.9 Å². The Morgan fingerprint density at radius 2 is 2.21 bits per heavy atom. The van der Waals surface area contributed by atoms with Crippen LogP contribution < -0.4 is 5.32 Å². The van der Waals surface area contributed by atoms with Crippen molar-refractivity contribution in [2.24, 2.45) is 0 Å². The molecule has 0 aromatic carbocycles. The second-order valence-electron chi connectivity index (χ2n) is 4.46. The molecule has 0 fully saturated rings. The topological polar surface area (TPSA) is 82.5 Å². The van der Waals surface area contributed by atoms with Crippen molar-refractivity contribution >= 4 is 17.7 Å². The lowest BCUT2D eigenvalue weighted by molar-refractivity contribution is -0.137. The maximum Gasteiger partial charge on any atom is 0.322 e. The number of carboxylic acid groups (broad SMARTS) is 1. The Kier molecular flexibility index (Phi) is 5.78. The zero-order chi connectivity index (χ0) is 14.3. The zero-order valence-corrected chi connectivity index (χ0v) is 11.2. The number of nitrogens with one attached hydrogen (secondary N) is 1. The van der Waals surface area contributed by atoms with E-state index in [1.54, 1.807) is 29.4 Å². The van der Waals surface area contributed by atoms with Gasteiger partial charge in [-0.15, -0.1) is 0 Å². The van der Waals surface area contributed by atoms with Crippen molar-refractivity contribution < 1.29 is 14.7 Å². The second-order valence-corrected chi connectivity index (χ2v) is 4.46. The summed E-state index contributed by atoms with van der Waals surface area (Å²) in [5.74, 6) is -0.851. The molecule has 0 aliphatic carbocycles. The van der Waals surface area contributed by atoms with E-state index in [-0.39, 0.29) is 18.5 Å². The van der Waals surface area contributed by atoms with Crippen molar-refractivity contribution in [2.75, 3.05) is 11.9 Å². The van der Waals surface area contributed by atoms with Crippen molar-refractivity contribution in [1.82, 2.24) is 9.88 Å². The first-order valence-electron chi connectivity index (χ1n) is 6.20. The highest BCUT2D eigenvalue weighted by Gasteiger charge is 2.17. The molecule has 1 aromatic rings. The molecule has 0 radical (unpaired) electrons. The molecular weight excluding hydrogens is 246 g/mol. The van der Waals surface area contributed by atoms with E-state index in [4.69, 9.17) is 5.11 Å². The summed E-state index contributed by atoms with van der Waals surface area (Å²) in [7, 11) is 0. The number of amides is 2. The lowest BCUT2D eigenvalue weighted by Crippen LogP contribution is -2.40. The second kappa shape index (κ2) is 7.35. The highest BCUT2D eigenvalue weighted by Crippen LogP contribution is 2.08. The fourth-order valence-corrected chi connectivity index (χ4v) is 1.63. The number of carbonyl (C=O) groups excluding carboxylic acids is 1. The minimum Gasteiger partial charge on any atom is -0.481 e. The highest BCUT2D eigenvalue weighted by atomic mass is 16.4. The molecule has 0 aliphatic heterocycles. The van der Waals surface area contributed by atoms with Crippen LogP contribution in [0.4, 0.5) is 10.5 Å². The maximum absolute atomic E-state index is 12.1. The van der Waals surface area contributed by atoms with Gasteiger partial charge in [-0.1, -0.05) is 0 Å². The number of pyridine rings is 1. The molecule has 0 spiro atoms. The molecule has 2 amide bonds. The quantitative estimate of drug-likeness (QED) is 0.826. The average molecular weight is 265 g/mol. The molecule has 0 atom stereocenters. The van der Waals surface area contributed by atoms with E-state index in [1.807, 2.05) is 13.8 Å². The van der Waals surface area contributed by atoms with E-state index in [0.717, 1.165) is 0 Å². The zero-order valence-electron chi connectivity index (χ0n) is 11.2. The summed E-state index contributed by atoms with van der Waals surface area (Å²) in [6.45, 7) is 4.20. The molecule has 1 aromatic heterocycles. The van der Waals surface area contributed by atoms with E-state index in [1.165, 1.54) is 0 Å². The van der Waals surface area contributed by atoms with Crippen molar-refractivity contribution in [3.63, 3.8) is 0 Å². The molecule has 1 heterocycles. The molecule has 0 unspecified atom stereocenters. The van der Waals surface area contributed by atoms with E-state index < -0.39 is 5.97 Å². The normalized spacial score (nSPS) is 10.3. The van der Waals surface area contributed by atoms with Crippen LogP contribution in [0.2, 0.25) is 0 Å². The standard InChI is InChI=1S/C13H19N3O3/c1-10(2)16(8-4-6-12(17)18)13(19)15-11-5-3-7-14-9-11/h3,5,7,9-10H,4,6,8H2,1-2H3,(H,15,19)(H,17,18). The number of carboxylic acids is 1. The van der Waals surface area contributed by atoms with Crippen LogP contribution in [-0.4, -0.2) is 39.6 Å². The number of urea groups is 1. The molecule has 0 bridgehead atoms. The summed E-state index contributed by atoms with van der Waals surface area (Å²) in [4.78, 5) is 28.1. The van der Waals surface area contributed by atoms with Gasteiger partial charge in [-0.25, -0.2) is 4.79 Å². The van der Waals surface area contributed by atoms with Gasteiger partial charge >= 0.3 is 12.0 Å². The van der Waals surface area contributed by atoms with Crippen LogP contribution in [-0.2, 0) is 4.79 Å². The Bertz CT molecular complexity index is 420. The Labute approximate surface area is 112 Å². The molecule has 1 rings (SSSR count). The number of carbonyl (C=O) groups is 2. The molecule has 19 heavy (non-hydrogen) atoms. The van der Waals surface area contributed by atoms with Crippen molar-refractivity contribution in [1.29, 1.82) is 0 Å². The number of hydrogen-bond donors (Lipinski definition) is 2. The predicted molar refractivity (Wildman–Crippen MR) is 72.0 cm³/mol. The Morgan fingerprint density at radius 1 is 1.47 bits per heavy atom. The average Bonchev–Trinajstić information content (AvgIpc) is 2.35. The molecule has 0 saturated carbocycles. The van der Waals surface area contributed by atoms with Crippen molar-refractivity contribution in [2.45, 2.75) is 32.7 Å². The van der Waals surface area contributed by atoms with Crippen LogP contribution >= 0.6 is 0 Å². The molecule has 0 aliphatic rings. The van der Waals surface area contributed by atoms with Gasteiger partial charge in [0.2, 0.25) is 0 Å². The molecule has 2 N–H and O–H groups in total. The van der Waals surface area contributed by atoms with Gasteiger partial charge < -0.3 is 15.3 Å². The van der Waals surface area contributed by atoms with E-state index >= 15 is 0 Å². The Balaban J connectivity index is 2.55. The minimum atomic E-state index is -0.851. The molecule has 6 heteroatoms. The first-order valence-corrected chi connectivity index (χ1v) is 6.20. The number of anilines is 1. The molecule has 104 valence electrons. The minimum absolute atomic E-state index is 0.00506. The van der Waals surface area contributed by atoms with Gasteiger partial charge in [0.1, 0.15) is 0 Å². The Morgan fingerprint density at radius 3 is 2.74 bits per heavy atom. The molecule has 0 saturated heterocycles. The summed E-state index contributed by atoms with van der Waals surface area (Å²) in [6.07, 6.45) is 3.69. The number of aliphatic carboxylic acids is 1. The van der Waals surface area contributed by atoms with Gasteiger partial charge in [0.15, 0.2) is 0 Å². The third kappa shape index (κ3) is 5.37. The maximum atomic E-state index is 12.1. The van der Waals surface area contributed by atoms with Crippen LogP contribution in [0.15, 0.2) is 24.5 Å². The third-order valence-corrected chi connectivity index (χ3v) is 2.59. The van der Waals surface area contributed by atoms with Gasteiger partial charge in [-0.05, 0) is 32.4 Å². The smallest absolute Gasteiger partial charge is 0.322 e. The van der Waals surface area contributed by atoms with Gasteiger partial charge in [0.25, 0.3) is 0 Å². The molecule has 6 nitrogen and oxygen atoms in total. The lowest BCUT2D eigenvalue weighted by atomic mass is 10.2. The van der Waals surface area contributed by atoms with Gasteiger partial charge in [-0.3, -0.25) is 9.78 Å². The van der Waals surface area contributed by atoms with Crippen LogP contribution in [0.25, 0.3) is 0 Å². The monoisotopic (exact) mass is 265 g/mol. The fraction of sp³-hybridized carbons (Fsp3) is 0.462. The van der Waals surface area contributed by atoms with Gasteiger partial charge in [-0.2, -0.15) is 0 Å². The van der Waals surface area contributed by atoms with Crippen LogP contribution in [0.1, 0.15) is 26.7 Å². The SMILES string of the molecule is CC(C)N(CCCC(=O)O)C(=O)Nc1cccnc1. The first kappa shape index (κ1) is 14.9. The third-order valence-electron chi connectivity index (χ3n) is 2.59. The number of hydrogen-bond acceptors (Lipinski definition) is 3. The van der Waals surface area contributed by atoms with Crippen LogP contribution in [0.3, 0.4) is 0 Å². The first-order chi connectivity index (χ1) is 9.00. The number of nitrogens with zero attached hydrogens (tertiary/aromatic N) is 2. The highest BCUT2D eigenvalue weighted by molar-refractivity contribution is 5.89. The summed E-state index contributed by atoms with van der Waals surface area (Å²) in [5, 5.41) is 11.3. The van der Waals surface area contributed by atoms with E-state index in [2.05, 4.69) is 10.3 Å². The largest absolute Gasteiger partial charge is 0.481 e. The van der Waals surface area contributed by atoms with Gasteiger partial charge in [0, 0.05) is 25.2 Å². The number of aromatic nitrogens is 1. The number of rotatable bonds is 6. The summed E-state index contributed by atoms with van der Waals surface area (Å²) in [5.41, 5.74) is 0.622. The van der Waals surface area contributed by atoms with E-state index in [9.17, 15) is 9.59 Å². The predicted octanol–water partition coefficient (Wildman–Crippen LogP) is 2.19. The van der Waals surface area contributed by atoms with Crippen molar-refractivity contribution in [3.8, 4) is 0 Å². The summed E-state index contributed by atoms with van der Waals surface area (Å²) in [6, 6.07) is 3.25.